The molecule has 0 aromatic rings. The molecule has 0 aliphatic carbocycles. The van der Waals surface area contributed by atoms with Gasteiger partial charge in [0.05, 0.1) is 0 Å². The summed E-state index contributed by atoms with van der Waals surface area (Å²) in [6.45, 7) is -0.777. The summed E-state index contributed by atoms with van der Waals surface area (Å²) in [5.74, 6) is -4.50. The molecule has 15 heteroatoms. The van der Waals surface area contributed by atoms with Crippen LogP contribution in [0, 0.1) is 0 Å². The Morgan fingerprint density at radius 1 is 0.621 bits per heavy atom. The molecule has 2 aliphatic heterocycles. The smallest absolute Gasteiger partial charge is 0.406 e. The molecule has 2 fully saturated rings. The number of carbonyl (C=O) groups excluding carboxylic acids is 2. The van der Waals surface area contributed by atoms with Gasteiger partial charge in [-0.05, 0) is 38.5 Å². The standard InChI is InChI=1S/C14H20F4N3O6S2/c15-13(16,11(22)20-7-3-1-4-8-20)28(24,25)19-29(26,27)14(17,18)12(23)21-9-5-2-6-10-21/h1-10H2/q-1. The molecular formula is C14H20F4N3O6S2-. The molecule has 0 unspecified atom stereocenters. The van der Waals surface area contributed by atoms with Crippen molar-refractivity contribution in [2.45, 2.75) is 49.0 Å². The van der Waals surface area contributed by atoms with Crippen molar-refractivity contribution in [2.75, 3.05) is 26.2 Å². The van der Waals surface area contributed by atoms with Crippen LogP contribution >= 0.6 is 0 Å². The normalized spacial score (nSPS) is 19.9. The molecule has 0 saturated carbocycles. The van der Waals surface area contributed by atoms with Crippen LogP contribution in [0.1, 0.15) is 38.5 Å². The van der Waals surface area contributed by atoms with Crippen LogP contribution in [0.5, 0.6) is 0 Å². The molecule has 2 amide bonds. The number of amides is 2. The van der Waals surface area contributed by atoms with E-state index in [-0.39, 0.29) is 26.2 Å². The Morgan fingerprint density at radius 2 is 0.897 bits per heavy atom. The summed E-state index contributed by atoms with van der Waals surface area (Å²) in [6, 6.07) is 0. The van der Waals surface area contributed by atoms with Gasteiger partial charge in [-0.25, -0.2) is 16.8 Å². The summed E-state index contributed by atoms with van der Waals surface area (Å²) in [5, 5.41) is -10.7. The van der Waals surface area contributed by atoms with E-state index in [9.17, 15) is 44.0 Å². The highest BCUT2D eigenvalue weighted by molar-refractivity contribution is 8.13. The van der Waals surface area contributed by atoms with Gasteiger partial charge < -0.3 is 13.9 Å². The van der Waals surface area contributed by atoms with Crippen molar-refractivity contribution in [2.24, 2.45) is 0 Å². The van der Waals surface area contributed by atoms with Gasteiger partial charge in [0, 0.05) is 26.2 Å². The van der Waals surface area contributed by atoms with E-state index in [0.717, 1.165) is 0 Å². The number of carbonyl (C=O) groups is 2. The van der Waals surface area contributed by atoms with E-state index in [0.29, 0.717) is 48.3 Å². The van der Waals surface area contributed by atoms with E-state index < -0.39 is 42.4 Å². The number of rotatable bonds is 6. The molecule has 2 rings (SSSR count). The number of nitrogens with zero attached hydrogens (tertiary/aromatic N) is 3. The summed E-state index contributed by atoms with van der Waals surface area (Å²) in [5.41, 5.74) is 0. The van der Waals surface area contributed by atoms with E-state index in [2.05, 4.69) is 0 Å². The van der Waals surface area contributed by atoms with E-state index in [1.54, 1.807) is 4.13 Å². The van der Waals surface area contributed by atoms with Gasteiger partial charge in [0.15, 0.2) is 20.0 Å². The lowest BCUT2D eigenvalue weighted by Gasteiger charge is -2.35. The molecular weight excluding hydrogens is 446 g/mol. The zero-order valence-corrected chi connectivity index (χ0v) is 16.8. The summed E-state index contributed by atoms with van der Waals surface area (Å²) in [7, 11) is -13.1. The Hall–Kier alpha value is -1.48. The van der Waals surface area contributed by atoms with Crippen molar-refractivity contribution in [1.82, 2.24) is 9.80 Å². The quantitative estimate of drug-likeness (QED) is 0.543. The molecule has 2 aliphatic rings. The molecule has 0 N–H and O–H groups in total. The van der Waals surface area contributed by atoms with E-state index in [1.807, 2.05) is 0 Å². The average molecular weight is 466 g/mol. The number of alkyl halides is 4. The Morgan fingerprint density at radius 3 is 1.17 bits per heavy atom. The SMILES string of the molecule is O=C(N1CCCCC1)C(F)(F)S(=O)(=O)[N-]S(=O)(=O)C(F)(F)C(=O)N1CCCCC1. The van der Waals surface area contributed by atoms with Crippen molar-refractivity contribution in [3.63, 3.8) is 0 Å². The lowest BCUT2D eigenvalue weighted by molar-refractivity contribution is -0.148. The Bertz CT molecular complexity index is 781. The molecule has 29 heavy (non-hydrogen) atoms. The van der Waals surface area contributed by atoms with Crippen molar-refractivity contribution in [3.8, 4) is 0 Å². The van der Waals surface area contributed by atoms with Crippen molar-refractivity contribution >= 4 is 31.9 Å². The maximum absolute atomic E-state index is 14.2. The molecule has 0 atom stereocenters. The molecule has 0 spiro atoms. The number of likely N-dealkylation sites (tertiary alicyclic amines) is 2. The Balaban J connectivity index is 2.23. The van der Waals surface area contributed by atoms with Gasteiger partial charge in [0.2, 0.25) is 0 Å². The molecule has 0 aromatic heterocycles. The maximum atomic E-state index is 14.2. The lowest BCUT2D eigenvalue weighted by atomic mass is 10.1. The fourth-order valence-electron chi connectivity index (χ4n) is 3.01. The third-order valence-corrected chi connectivity index (χ3v) is 7.84. The van der Waals surface area contributed by atoms with Crippen LogP contribution in [0.15, 0.2) is 0 Å². The second-order valence-electron chi connectivity index (χ2n) is 6.76. The zero-order chi connectivity index (χ0) is 22.1. The monoisotopic (exact) mass is 466 g/mol. The first-order valence-corrected chi connectivity index (χ1v) is 11.7. The van der Waals surface area contributed by atoms with Crippen LogP contribution in [0.4, 0.5) is 17.6 Å². The van der Waals surface area contributed by atoms with Crippen molar-refractivity contribution in [1.29, 1.82) is 0 Å². The highest BCUT2D eigenvalue weighted by atomic mass is 32.3. The largest absolute Gasteiger partial charge is 0.425 e. The fourth-order valence-corrected chi connectivity index (χ4v) is 5.49. The van der Waals surface area contributed by atoms with Crippen LogP contribution in [-0.2, 0) is 29.6 Å². The second kappa shape index (κ2) is 8.34. The highest BCUT2D eigenvalue weighted by Gasteiger charge is 2.56. The minimum absolute atomic E-state index is 0.194. The van der Waals surface area contributed by atoms with Crippen molar-refractivity contribution in [3.05, 3.63) is 4.13 Å². The number of piperidine rings is 2. The highest BCUT2D eigenvalue weighted by Crippen LogP contribution is 2.37. The van der Waals surface area contributed by atoms with Crippen LogP contribution in [0.25, 0.3) is 4.13 Å². The van der Waals surface area contributed by atoms with Gasteiger partial charge in [-0.1, -0.05) is 0 Å². The van der Waals surface area contributed by atoms with Gasteiger partial charge in [-0.15, -0.1) is 0 Å². The van der Waals surface area contributed by atoms with Crippen LogP contribution in [-0.4, -0.2) is 75.1 Å². The van der Waals surface area contributed by atoms with Gasteiger partial charge in [-0.3, -0.25) is 9.59 Å². The number of halogens is 4. The summed E-state index contributed by atoms with van der Waals surface area (Å²) >= 11 is 0. The molecule has 2 saturated heterocycles. The van der Waals surface area contributed by atoms with Gasteiger partial charge in [0.1, 0.15) is 0 Å². The third-order valence-electron chi connectivity index (χ3n) is 4.63. The topological polar surface area (TPSA) is 123 Å². The first-order chi connectivity index (χ1) is 13.2. The van der Waals surface area contributed by atoms with Crippen molar-refractivity contribution < 1.29 is 44.0 Å². The third kappa shape index (κ3) is 4.66. The molecule has 0 radical (unpaired) electrons. The minimum atomic E-state index is -6.55. The maximum Gasteiger partial charge on any atom is 0.406 e. The van der Waals surface area contributed by atoms with E-state index >= 15 is 0 Å². The first kappa shape index (κ1) is 23.8. The fraction of sp³-hybridized carbons (Fsp3) is 0.857. The summed E-state index contributed by atoms with van der Waals surface area (Å²) in [6.07, 6.45) is 2.51. The lowest BCUT2D eigenvalue weighted by Crippen LogP contribution is -2.52. The minimum Gasteiger partial charge on any atom is -0.425 e. The number of hydrogen-bond donors (Lipinski definition) is 0. The molecule has 168 valence electrons. The van der Waals surface area contributed by atoms with E-state index in [4.69, 9.17) is 0 Å². The second-order valence-corrected chi connectivity index (χ2v) is 10.3. The predicted molar refractivity (Wildman–Crippen MR) is 92.0 cm³/mol. The zero-order valence-electron chi connectivity index (χ0n) is 15.2. The Labute approximate surface area is 165 Å². The van der Waals surface area contributed by atoms with Gasteiger partial charge >= 0.3 is 22.3 Å². The van der Waals surface area contributed by atoms with E-state index in [1.165, 1.54) is 0 Å². The first-order valence-electron chi connectivity index (χ1n) is 8.82. The number of sulfonamides is 2. The van der Waals surface area contributed by atoms with Crippen LogP contribution < -0.4 is 0 Å². The molecule has 0 aromatic carbocycles. The van der Waals surface area contributed by atoms with Gasteiger partial charge in [-0.2, -0.15) is 17.6 Å². The predicted octanol–water partition coefficient (Wildman–Crippen LogP) is 1.23. The van der Waals surface area contributed by atoms with Gasteiger partial charge in [0.25, 0.3) is 0 Å². The Kier molecular flexibility index (Phi) is 6.84. The number of hydrogen-bond acceptors (Lipinski definition) is 6. The van der Waals surface area contributed by atoms with Crippen LogP contribution in [0.3, 0.4) is 0 Å². The summed E-state index contributed by atoms with van der Waals surface area (Å²) < 4.78 is 106. The molecule has 0 bridgehead atoms. The molecule has 9 nitrogen and oxygen atoms in total. The molecule has 2 heterocycles. The average Bonchev–Trinajstić information content (AvgIpc) is 2.67. The summed E-state index contributed by atoms with van der Waals surface area (Å²) in [4.78, 5) is 24.7. The van der Waals surface area contributed by atoms with Crippen LogP contribution in [0.2, 0.25) is 0 Å².